The molecule has 0 radical (unpaired) electrons. The van der Waals surface area contributed by atoms with E-state index in [1.54, 1.807) is 24.3 Å². The fraction of sp³-hybridized carbons (Fsp3) is 0.184. The third-order valence-corrected chi connectivity index (χ3v) is 8.15. The smallest absolute Gasteiger partial charge is 0.228 e. The van der Waals surface area contributed by atoms with E-state index in [0.717, 1.165) is 27.8 Å². The van der Waals surface area contributed by atoms with Gasteiger partial charge in [0.05, 0.1) is 22.3 Å². The molecule has 0 unspecified atom stereocenters. The molecular weight excluding hydrogens is 528 g/mol. The molecule has 3 heterocycles. The number of furan rings is 1. The Hall–Kier alpha value is -5.21. The second-order valence-electron chi connectivity index (χ2n) is 11.6. The third kappa shape index (κ3) is 4.30. The second kappa shape index (κ2) is 10.3. The summed E-state index contributed by atoms with van der Waals surface area (Å²) >= 11 is 0. The molecule has 0 spiro atoms. The molecule has 0 fully saturated rings. The van der Waals surface area contributed by atoms with Gasteiger partial charge in [0.2, 0.25) is 5.71 Å². The zero-order chi connectivity index (χ0) is 32.3. The van der Waals surface area contributed by atoms with Crippen molar-refractivity contribution in [3.63, 3.8) is 0 Å². The topological polar surface area (TPSA) is 67.6 Å². The molecule has 5 nitrogen and oxygen atoms in total. The van der Waals surface area contributed by atoms with Crippen molar-refractivity contribution in [3.05, 3.63) is 113 Å². The Bertz CT molecular complexity index is 2290. The Morgan fingerprint density at radius 3 is 2.23 bits per heavy atom. The van der Waals surface area contributed by atoms with Gasteiger partial charge in [0.25, 0.3) is 0 Å². The molecule has 0 aliphatic heterocycles. The van der Waals surface area contributed by atoms with E-state index in [2.05, 4.69) is 85.8 Å². The number of aryl methyl sites for hydroxylation is 1. The minimum Gasteiger partial charge on any atom is -0.437 e. The molecule has 0 aliphatic carbocycles. The van der Waals surface area contributed by atoms with Gasteiger partial charge in [-0.15, -0.1) is 0 Å². The standard InChI is InChI=1S/C38H32N4O/c1-22(2)30-19-26(25-11-7-6-8-12-25)20-31(23(3)4)35(30)42-33-14-10-9-13-32(33)41-37(42)29-17-15-24(5)34-28-18-16-27(21-39)40-38(28)43-36(29)34/h6-20,22-23H,1-5H3/i5D3. The lowest BCUT2D eigenvalue weighted by Crippen LogP contribution is -2.09. The monoisotopic (exact) mass is 563 g/mol. The number of hydrogen-bond acceptors (Lipinski definition) is 4. The molecule has 4 aromatic carbocycles. The van der Waals surface area contributed by atoms with Crippen LogP contribution in [0.4, 0.5) is 0 Å². The third-order valence-electron chi connectivity index (χ3n) is 8.15. The van der Waals surface area contributed by atoms with Crippen LogP contribution in [-0.2, 0) is 0 Å². The van der Waals surface area contributed by atoms with E-state index in [9.17, 15) is 5.26 Å². The van der Waals surface area contributed by atoms with Crippen molar-refractivity contribution in [2.45, 2.75) is 46.4 Å². The van der Waals surface area contributed by atoms with Gasteiger partial charge in [0.15, 0.2) is 0 Å². The average Bonchev–Trinajstić information content (AvgIpc) is 3.62. The SMILES string of the molecule is [2H]C([2H])([2H])c1ccc(-c2nc3ccccc3n2-c2c(C(C)C)cc(-c3ccccc3)cc2C(C)C)c2oc3nc(C#N)ccc3c12. The average molecular weight is 564 g/mol. The summed E-state index contributed by atoms with van der Waals surface area (Å²) in [4.78, 5) is 9.56. The van der Waals surface area contributed by atoms with Gasteiger partial charge in [-0.05, 0) is 89.0 Å². The summed E-state index contributed by atoms with van der Waals surface area (Å²) in [5.74, 6) is 1.00. The van der Waals surface area contributed by atoms with Gasteiger partial charge >= 0.3 is 0 Å². The van der Waals surface area contributed by atoms with Crippen LogP contribution in [0.5, 0.6) is 0 Å². The number of rotatable bonds is 5. The van der Waals surface area contributed by atoms with Crippen molar-refractivity contribution in [1.29, 1.82) is 5.26 Å². The normalized spacial score (nSPS) is 13.1. The fourth-order valence-electron chi connectivity index (χ4n) is 6.05. The van der Waals surface area contributed by atoms with E-state index in [-0.39, 0.29) is 28.8 Å². The summed E-state index contributed by atoms with van der Waals surface area (Å²) in [6.45, 7) is 6.43. The summed E-state index contributed by atoms with van der Waals surface area (Å²) in [7, 11) is 0. The highest BCUT2D eigenvalue weighted by Crippen LogP contribution is 2.43. The predicted molar refractivity (Wildman–Crippen MR) is 175 cm³/mol. The lowest BCUT2D eigenvalue weighted by atomic mass is 9.88. The summed E-state index contributed by atoms with van der Waals surface area (Å²) in [6.07, 6.45) is 0. The number of aromatic nitrogens is 3. The molecule has 3 aromatic heterocycles. The largest absolute Gasteiger partial charge is 0.437 e. The summed E-state index contributed by atoms with van der Waals surface area (Å²) < 4.78 is 33.6. The van der Waals surface area contributed by atoms with Crippen molar-refractivity contribution in [1.82, 2.24) is 14.5 Å². The molecular formula is C38H32N4O. The van der Waals surface area contributed by atoms with Gasteiger partial charge in [-0.2, -0.15) is 5.26 Å². The number of fused-ring (bicyclic) bond motifs is 4. The molecule has 210 valence electrons. The highest BCUT2D eigenvalue weighted by molar-refractivity contribution is 6.10. The number of imidazole rings is 1. The van der Waals surface area contributed by atoms with Crippen molar-refractivity contribution in [2.24, 2.45) is 0 Å². The van der Waals surface area contributed by atoms with Gasteiger partial charge in [0.1, 0.15) is 23.2 Å². The summed E-state index contributed by atoms with van der Waals surface area (Å²) in [5.41, 5.74) is 9.05. The van der Waals surface area contributed by atoms with E-state index in [0.29, 0.717) is 27.7 Å². The van der Waals surface area contributed by atoms with Crippen LogP contribution in [-0.4, -0.2) is 14.5 Å². The van der Waals surface area contributed by atoms with Crippen LogP contribution in [0.3, 0.4) is 0 Å². The van der Waals surface area contributed by atoms with Gasteiger partial charge in [-0.3, -0.25) is 4.57 Å². The number of benzene rings is 4. The molecule has 0 atom stereocenters. The Labute approximate surface area is 255 Å². The van der Waals surface area contributed by atoms with Crippen LogP contribution in [0.1, 0.15) is 66.0 Å². The van der Waals surface area contributed by atoms with Crippen LogP contribution < -0.4 is 0 Å². The highest BCUT2D eigenvalue weighted by atomic mass is 16.3. The summed E-state index contributed by atoms with van der Waals surface area (Å²) in [6, 6.07) is 31.8. The summed E-state index contributed by atoms with van der Waals surface area (Å²) in [5, 5.41) is 10.5. The predicted octanol–water partition coefficient (Wildman–Crippen LogP) is 10.1. The molecule has 0 saturated carbocycles. The van der Waals surface area contributed by atoms with Crippen LogP contribution in [0.25, 0.3) is 61.3 Å². The molecule has 0 saturated heterocycles. The number of nitriles is 1. The maximum atomic E-state index is 9.51. The van der Waals surface area contributed by atoms with Crippen molar-refractivity contribution in [3.8, 4) is 34.3 Å². The van der Waals surface area contributed by atoms with E-state index in [1.807, 2.05) is 24.3 Å². The zero-order valence-electron chi connectivity index (χ0n) is 27.5. The molecule has 7 aromatic rings. The van der Waals surface area contributed by atoms with Crippen molar-refractivity contribution in [2.75, 3.05) is 0 Å². The van der Waals surface area contributed by atoms with Gasteiger partial charge in [-0.25, -0.2) is 9.97 Å². The number of nitrogens with zero attached hydrogens (tertiary/aromatic N) is 4. The van der Waals surface area contributed by atoms with E-state index in [1.165, 1.54) is 11.1 Å². The molecule has 0 bridgehead atoms. The maximum Gasteiger partial charge on any atom is 0.228 e. The molecule has 0 aliphatic rings. The van der Waals surface area contributed by atoms with Crippen molar-refractivity contribution >= 4 is 33.1 Å². The van der Waals surface area contributed by atoms with Crippen LogP contribution >= 0.6 is 0 Å². The van der Waals surface area contributed by atoms with Crippen LogP contribution in [0.15, 0.2) is 95.4 Å². The molecule has 43 heavy (non-hydrogen) atoms. The molecule has 7 rings (SSSR count). The first-order valence-corrected chi connectivity index (χ1v) is 14.5. The zero-order valence-corrected chi connectivity index (χ0v) is 24.5. The highest BCUT2D eigenvalue weighted by Gasteiger charge is 2.26. The van der Waals surface area contributed by atoms with Gasteiger partial charge < -0.3 is 4.42 Å². The molecule has 5 heteroatoms. The van der Waals surface area contributed by atoms with E-state index < -0.39 is 6.85 Å². The van der Waals surface area contributed by atoms with Crippen molar-refractivity contribution < 1.29 is 8.53 Å². The van der Waals surface area contributed by atoms with Crippen LogP contribution in [0.2, 0.25) is 0 Å². The van der Waals surface area contributed by atoms with E-state index in [4.69, 9.17) is 13.5 Å². The number of pyridine rings is 1. The molecule has 0 amide bonds. The second-order valence-corrected chi connectivity index (χ2v) is 11.6. The van der Waals surface area contributed by atoms with Crippen LogP contribution in [0, 0.1) is 18.2 Å². The fourth-order valence-corrected chi connectivity index (χ4v) is 6.05. The maximum absolute atomic E-state index is 9.51. The Morgan fingerprint density at radius 1 is 0.814 bits per heavy atom. The number of para-hydroxylation sites is 2. The quantitative estimate of drug-likeness (QED) is 0.209. The van der Waals surface area contributed by atoms with Gasteiger partial charge in [0, 0.05) is 14.9 Å². The minimum absolute atomic E-state index is 0.164. The first kappa shape index (κ1) is 23.4. The first-order valence-electron chi connectivity index (χ1n) is 16.0. The van der Waals surface area contributed by atoms with Gasteiger partial charge in [-0.1, -0.05) is 76.2 Å². The Balaban J connectivity index is 1.61. The number of hydrogen-bond donors (Lipinski definition) is 0. The lowest BCUT2D eigenvalue weighted by molar-refractivity contribution is 0.654. The first-order chi connectivity index (χ1) is 22.1. The minimum atomic E-state index is -2.40. The molecule has 0 N–H and O–H groups in total. The van der Waals surface area contributed by atoms with E-state index >= 15 is 0 Å². The Morgan fingerprint density at radius 2 is 1.53 bits per heavy atom. The Kier molecular flexibility index (Phi) is 5.57. The lowest BCUT2D eigenvalue weighted by Gasteiger charge is -2.24.